The molecule has 7 nitrogen and oxygen atoms in total. The van der Waals surface area contributed by atoms with E-state index < -0.39 is 35.9 Å². The minimum absolute atomic E-state index is 0.124. The first kappa shape index (κ1) is 17.9. The molecule has 1 saturated heterocycles. The van der Waals surface area contributed by atoms with Gasteiger partial charge in [-0.2, -0.15) is 0 Å². The number of urea groups is 1. The third-order valence-electron chi connectivity index (χ3n) is 5.34. The highest BCUT2D eigenvalue weighted by atomic mass is 35.5. The summed E-state index contributed by atoms with van der Waals surface area (Å²) >= 11 is 6.01. The van der Waals surface area contributed by atoms with Crippen LogP contribution in [0.15, 0.2) is 35.5 Å². The fraction of sp³-hybridized carbons (Fsp3) is 0.421. The molecule has 3 amide bonds. The number of halogens is 1. The summed E-state index contributed by atoms with van der Waals surface area (Å²) in [6, 6.07) is 6.67. The van der Waals surface area contributed by atoms with Crippen LogP contribution < -0.4 is 10.6 Å². The van der Waals surface area contributed by atoms with E-state index >= 15 is 0 Å². The van der Waals surface area contributed by atoms with Crippen LogP contribution in [-0.2, 0) is 14.3 Å². The van der Waals surface area contributed by atoms with Crippen LogP contribution in [0, 0.1) is 5.92 Å². The predicted molar refractivity (Wildman–Crippen MR) is 97.7 cm³/mol. The monoisotopic (exact) mass is 389 g/mol. The lowest BCUT2D eigenvalue weighted by Gasteiger charge is -2.46. The third kappa shape index (κ3) is 2.96. The van der Waals surface area contributed by atoms with Crippen LogP contribution >= 0.6 is 11.6 Å². The second-order valence-electron chi connectivity index (χ2n) is 6.95. The number of rotatable bonds is 4. The number of carbonyl (C=O) groups is 3. The minimum Gasteiger partial charge on any atom is -0.456 e. The number of nitrogens with zero attached hydrogens (tertiary/aromatic N) is 1. The smallest absolute Gasteiger partial charge is 0.336 e. The van der Waals surface area contributed by atoms with Gasteiger partial charge < -0.3 is 15.0 Å². The Bertz CT molecular complexity index is 836. The summed E-state index contributed by atoms with van der Waals surface area (Å²) in [7, 11) is 0. The molecule has 0 aromatic heterocycles. The van der Waals surface area contributed by atoms with E-state index in [2.05, 4.69) is 10.6 Å². The molecule has 0 spiro atoms. The maximum atomic E-state index is 12.8. The molecule has 3 heterocycles. The van der Waals surface area contributed by atoms with Crippen molar-refractivity contribution in [3.8, 4) is 0 Å². The fourth-order valence-corrected chi connectivity index (χ4v) is 4.17. The van der Waals surface area contributed by atoms with E-state index in [4.69, 9.17) is 16.3 Å². The van der Waals surface area contributed by atoms with Crippen molar-refractivity contribution in [1.29, 1.82) is 0 Å². The number of unbranched alkanes of at least 4 members (excludes halogenated alkanes) is 1. The van der Waals surface area contributed by atoms with E-state index in [0.717, 1.165) is 18.4 Å². The second kappa shape index (κ2) is 6.88. The standard InChI is InChI=1S/C19H20ClN3O4/c1-2-3-8-23-16-15(17(24)22-19(23)26)13(10-4-6-11(20)7-5-10)14-12(21-16)9-27-18(14)25/h4-7,13,15-16,21H,2-3,8-9H2,1H3,(H,22,24,26). The van der Waals surface area contributed by atoms with Gasteiger partial charge in [0, 0.05) is 17.5 Å². The molecule has 0 saturated carbocycles. The molecule has 142 valence electrons. The molecule has 4 rings (SSSR count). The highest BCUT2D eigenvalue weighted by Gasteiger charge is 2.53. The summed E-state index contributed by atoms with van der Waals surface area (Å²) in [4.78, 5) is 39.3. The number of benzene rings is 1. The van der Waals surface area contributed by atoms with Crippen molar-refractivity contribution in [2.24, 2.45) is 5.92 Å². The average Bonchev–Trinajstić information content (AvgIpc) is 3.01. The Morgan fingerprint density at radius 2 is 1.96 bits per heavy atom. The number of cyclic esters (lactones) is 1. The van der Waals surface area contributed by atoms with E-state index in [1.54, 1.807) is 17.0 Å². The molecular weight excluding hydrogens is 370 g/mol. The maximum Gasteiger partial charge on any atom is 0.336 e. The Morgan fingerprint density at radius 1 is 1.22 bits per heavy atom. The van der Waals surface area contributed by atoms with Crippen LogP contribution in [-0.4, -0.2) is 42.1 Å². The predicted octanol–water partition coefficient (Wildman–Crippen LogP) is 2.13. The molecular formula is C19H20ClN3O4. The van der Waals surface area contributed by atoms with Crippen LogP contribution in [0.2, 0.25) is 5.02 Å². The van der Waals surface area contributed by atoms with Crippen molar-refractivity contribution in [2.45, 2.75) is 31.8 Å². The van der Waals surface area contributed by atoms with Gasteiger partial charge in [0.05, 0.1) is 17.2 Å². The number of hydrogen-bond acceptors (Lipinski definition) is 5. The molecule has 3 atom stereocenters. The number of nitrogens with one attached hydrogen (secondary N) is 2. The fourth-order valence-electron chi connectivity index (χ4n) is 4.05. The van der Waals surface area contributed by atoms with E-state index in [1.165, 1.54) is 0 Å². The van der Waals surface area contributed by atoms with Gasteiger partial charge in [-0.15, -0.1) is 0 Å². The normalized spacial score (nSPS) is 27.0. The summed E-state index contributed by atoms with van der Waals surface area (Å²) in [5, 5.41) is 6.25. The molecule has 3 unspecified atom stereocenters. The van der Waals surface area contributed by atoms with E-state index in [-0.39, 0.29) is 6.61 Å². The zero-order chi connectivity index (χ0) is 19.1. The van der Waals surface area contributed by atoms with Crippen molar-refractivity contribution in [1.82, 2.24) is 15.5 Å². The molecule has 3 aliphatic heterocycles. The Balaban J connectivity index is 1.81. The first-order valence-electron chi connectivity index (χ1n) is 9.05. The van der Waals surface area contributed by atoms with E-state index in [9.17, 15) is 14.4 Å². The first-order valence-corrected chi connectivity index (χ1v) is 9.42. The van der Waals surface area contributed by atoms with Crippen LogP contribution in [0.4, 0.5) is 4.79 Å². The molecule has 0 radical (unpaired) electrons. The van der Waals surface area contributed by atoms with Gasteiger partial charge in [0.25, 0.3) is 0 Å². The topological polar surface area (TPSA) is 87.7 Å². The number of esters is 1. The van der Waals surface area contributed by atoms with Gasteiger partial charge in [0.1, 0.15) is 12.8 Å². The molecule has 2 N–H and O–H groups in total. The summed E-state index contributed by atoms with van der Waals surface area (Å²) < 4.78 is 5.22. The highest BCUT2D eigenvalue weighted by molar-refractivity contribution is 6.30. The zero-order valence-electron chi connectivity index (χ0n) is 14.8. The lowest BCUT2D eigenvalue weighted by Crippen LogP contribution is -2.67. The number of hydrogen-bond donors (Lipinski definition) is 2. The van der Waals surface area contributed by atoms with Gasteiger partial charge in [-0.05, 0) is 24.1 Å². The number of fused-ring (bicyclic) bond motifs is 1. The summed E-state index contributed by atoms with van der Waals surface area (Å²) in [6.45, 7) is 2.69. The van der Waals surface area contributed by atoms with E-state index in [0.29, 0.717) is 22.8 Å². The Kier molecular flexibility index (Phi) is 4.55. The van der Waals surface area contributed by atoms with Crippen LogP contribution in [0.3, 0.4) is 0 Å². The Labute approximate surface area is 161 Å². The SMILES string of the molecule is CCCCN1C(=O)NC(=O)C2C(c3ccc(Cl)cc3)C3=C(COC3=O)NC21. The van der Waals surface area contributed by atoms with Gasteiger partial charge in [-0.3, -0.25) is 10.1 Å². The summed E-state index contributed by atoms with van der Waals surface area (Å²) in [5.41, 5.74) is 1.89. The molecule has 8 heteroatoms. The van der Waals surface area contributed by atoms with Crippen molar-refractivity contribution < 1.29 is 19.1 Å². The number of amides is 3. The lowest BCUT2D eigenvalue weighted by molar-refractivity contribution is -0.136. The van der Waals surface area contributed by atoms with Crippen LogP contribution in [0.5, 0.6) is 0 Å². The zero-order valence-corrected chi connectivity index (χ0v) is 15.6. The number of ether oxygens (including phenoxy) is 1. The minimum atomic E-state index is -0.634. The van der Waals surface area contributed by atoms with Crippen LogP contribution in [0.25, 0.3) is 0 Å². The summed E-state index contributed by atoms with van der Waals surface area (Å²) in [6.07, 6.45) is 1.22. The van der Waals surface area contributed by atoms with Gasteiger partial charge in [0.15, 0.2) is 0 Å². The maximum absolute atomic E-state index is 12.8. The molecule has 0 bridgehead atoms. The van der Waals surface area contributed by atoms with Crippen molar-refractivity contribution in [2.75, 3.05) is 13.2 Å². The van der Waals surface area contributed by atoms with Gasteiger partial charge in [-0.25, -0.2) is 9.59 Å². The van der Waals surface area contributed by atoms with Gasteiger partial charge >= 0.3 is 12.0 Å². The average molecular weight is 390 g/mol. The Morgan fingerprint density at radius 3 is 2.67 bits per heavy atom. The van der Waals surface area contributed by atoms with Gasteiger partial charge in [-0.1, -0.05) is 37.1 Å². The molecule has 27 heavy (non-hydrogen) atoms. The molecule has 1 aromatic carbocycles. The number of carbonyl (C=O) groups excluding carboxylic acids is 3. The molecule has 1 fully saturated rings. The third-order valence-corrected chi connectivity index (χ3v) is 5.59. The number of imide groups is 1. The van der Waals surface area contributed by atoms with Crippen LogP contribution in [0.1, 0.15) is 31.2 Å². The Hall–Kier alpha value is -2.54. The highest BCUT2D eigenvalue weighted by Crippen LogP contribution is 2.44. The largest absolute Gasteiger partial charge is 0.456 e. The molecule has 3 aliphatic rings. The first-order chi connectivity index (χ1) is 13.0. The second-order valence-corrected chi connectivity index (χ2v) is 7.39. The lowest BCUT2D eigenvalue weighted by atomic mass is 9.74. The van der Waals surface area contributed by atoms with Gasteiger partial charge in [0.2, 0.25) is 5.91 Å². The molecule has 1 aromatic rings. The quantitative estimate of drug-likeness (QED) is 0.770. The van der Waals surface area contributed by atoms with Crippen molar-refractivity contribution >= 4 is 29.5 Å². The van der Waals surface area contributed by atoms with Crippen molar-refractivity contribution in [3.63, 3.8) is 0 Å². The summed E-state index contributed by atoms with van der Waals surface area (Å²) in [5.74, 6) is -1.96. The van der Waals surface area contributed by atoms with E-state index in [1.807, 2.05) is 19.1 Å². The molecule has 0 aliphatic carbocycles. The van der Waals surface area contributed by atoms with Crippen molar-refractivity contribution in [3.05, 3.63) is 46.1 Å².